The number of nitrogens with one attached hydrogen (secondary N) is 1. The third-order valence-corrected chi connectivity index (χ3v) is 5.21. The summed E-state index contributed by atoms with van der Waals surface area (Å²) in [6, 6.07) is 4.04. The van der Waals surface area contributed by atoms with Crippen LogP contribution in [0.5, 0.6) is 0 Å². The van der Waals surface area contributed by atoms with Crippen molar-refractivity contribution in [2.24, 2.45) is 5.41 Å². The molecule has 0 aliphatic carbocycles. The van der Waals surface area contributed by atoms with Gasteiger partial charge in [0.25, 0.3) is 0 Å². The van der Waals surface area contributed by atoms with Gasteiger partial charge in [0, 0.05) is 12.0 Å². The number of rotatable bonds is 8. The minimum absolute atomic E-state index is 0.0590. The van der Waals surface area contributed by atoms with E-state index in [1.165, 1.54) is 25.7 Å². The molecule has 0 saturated heterocycles. The molecule has 0 atom stereocenters. The Morgan fingerprint density at radius 1 is 1.11 bits per heavy atom. The first kappa shape index (κ1) is 22.3. The van der Waals surface area contributed by atoms with Gasteiger partial charge in [0.05, 0.1) is 18.0 Å². The summed E-state index contributed by atoms with van der Waals surface area (Å²) in [7, 11) is 0. The van der Waals surface area contributed by atoms with Crippen molar-refractivity contribution >= 4 is 23.4 Å². The van der Waals surface area contributed by atoms with Crippen LogP contribution in [-0.2, 0) is 16.0 Å². The molecular weight excluding hydrogens is 352 g/mol. The number of carbonyl (C=O) groups excluding carboxylic acids is 2. The zero-order chi connectivity index (χ0) is 20.7. The normalized spacial score (nSPS) is 13.4. The summed E-state index contributed by atoms with van der Waals surface area (Å²) in [5.41, 5.74) is 3.05. The lowest BCUT2D eigenvalue weighted by Crippen LogP contribution is -2.32. The fourth-order valence-electron chi connectivity index (χ4n) is 3.35. The van der Waals surface area contributed by atoms with Gasteiger partial charge in [-0.1, -0.05) is 71.9 Å². The number of aryl methyl sites for hydroxylation is 1. The summed E-state index contributed by atoms with van der Waals surface area (Å²) >= 11 is 0. The maximum absolute atomic E-state index is 12.7. The predicted octanol–water partition coefficient (Wildman–Crippen LogP) is 5.84. The molecule has 0 radical (unpaired) electrons. The Hall–Kier alpha value is -2.04. The van der Waals surface area contributed by atoms with E-state index >= 15 is 0 Å². The molecule has 156 valence electrons. The molecule has 0 aromatic heterocycles. The Labute approximate surface area is 169 Å². The highest BCUT2D eigenvalue weighted by Gasteiger charge is 2.31. The quantitative estimate of drug-likeness (QED) is 0.569. The van der Waals surface area contributed by atoms with Gasteiger partial charge in [0.15, 0.2) is 0 Å². The van der Waals surface area contributed by atoms with Crippen molar-refractivity contribution < 1.29 is 14.3 Å². The molecule has 0 fully saturated rings. The SMILES string of the molecule is CCCCCCCCOC(=O)N1CCc2ccc(C)c(NC(=O)C(C)(C)C)c21. The monoisotopic (exact) mass is 388 g/mol. The van der Waals surface area contributed by atoms with Crippen LogP contribution in [0.25, 0.3) is 0 Å². The summed E-state index contributed by atoms with van der Waals surface area (Å²) in [5, 5.41) is 3.04. The molecule has 1 aromatic rings. The van der Waals surface area contributed by atoms with Crippen LogP contribution in [0.3, 0.4) is 0 Å². The summed E-state index contributed by atoms with van der Waals surface area (Å²) in [6.07, 6.45) is 7.40. The van der Waals surface area contributed by atoms with Gasteiger partial charge in [0.2, 0.25) is 5.91 Å². The largest absolute Gasteiger partial charge is 0.449 e. The Kier molecular flexibility index (Phi) is 7.90. The number of unbranched alkanes of at least 4 members (excludes halogenated alkanes) is 5. The zero-order valence-electron chi connectivity index (χ0n) is 18.2. The van der Waals surface area contributed by atoms with Crippen molar-refractivity contribution in [1.82, 2.24) is 0 Å². The molecule has 5 nitrogen and oxygen atoms in total. The smallest absolute Gasteiger partial charge is 0.414 e. The molecule has 1 aliphatic rings. The average molecular weight is 389 g/mol. The molecule has 2 rings (SSSR count). The molecule has 1 aromatic carbocycles. The van der Waals surface area contributed by atoms with Crippen molar-refractivity contribution in [3.05, 3.63) is 23.3 Å². The predicted molar refractivity (Wildman–Crippen MR) is 115 cm³/mol. The third-order valence-electron chi connectivity index (χ3n) is 5.21. The second-order valence-corrected chi connectivity index (χ2v) is 8.75. The highest BCUT2D eigenvalue weighted by atomic mass is 16.6. The summed E-state index contributed by atoms with van der Waals surface area (Å²) in [6.45, 7) is 10.8. The van der Waals surface area contributed by atoms with Gasteiger partial charge >= 0.3 is 6.09 Å². The second-order valence-electron chi connectivity index (χ2n) is 8.75. The van der Waals surface area contributed by atoms with E-state index in [9.17, 15) is 9.59 Å². The Morgan fingerprint density at radius 2 is 1.79 bits per heavy atom. The third kappa shape index (κ3) is 5.73. The number of hydrogen-bond donors (Lipinski definition) is 1. The van der Waals surface area contributed by atoms with Crippen LogP contribution >= 0.6 is 0 Å². The van der Waals surface area contributed by atoms with E-state index in [1.807, 2.05) is 39.8 Å². The number of anilines is 2. The van der Waals surface area contributed by atoms with Crippen LogP contribution in [0.4, 0.5) is 16.2 Å². The van der Waals surface area contributed by atoms with Gasteiger partial charge < -0.3 is 10.1 Å². The van der Waals surface area contributed by atoms with Gasteiger partial charge in [-0.25, -0.2) is 4.79 Å². The van der Waals surface area contributed by atoms with Crippen LogP contribution in [0.1, 0.15) is 77.3 Å². The van der Waals surface area contributed by atoms with Gasteiger partial charge in [-0.05, 0) is 30.9 Å². The van der Waals surface area contributed by atoms with Crippen LogP contribution in [0.15, 0.2) is 12.1 Å². The van der Waals surface area contributed by atoms with Crippen LogP contribution in [0.2, 0.25) is 0 Å². The lowest BCUT2D eigenvalue weighted by Gasteiger charge is -2.24. The molecule has 1 heterocycles. The highest BCUT2D eigenvalue weighted by Crippen LogP contribution is 2.39. The first-order chi connectivity index (χ1) is 13.3. The van der Waals surface area contributed by atoms with Gasteiger partial charge in [0.1, 0.15) is 0 Å². The molecule has 0 unspecified atom stereocenters. The zero-order valence-corrected chi connectivity index (χ0v) is 18.2. The van der Waals surface area contributed by atoms with Gasteiger partial charge in [-0.3, -0.25) is 9.69 Å². The standard InChI is InChI=1S/C23H36N2O3/c1-6-7-8-9-10-11-16-28-22(27)25-15-14-18-13-12-17(2)19(20(18)25)24-21(26)23(3,4)5/h12-13H,6-11,14-16H2,1-5H3,(H,24,26). The van der Waals surface area contributed by atoms with Gasteiger partial charge in [-0.15, -0.1) is 0 Å². The van der Waals surface area contributed by atoms with E-state index in [0.29, 0.717) is 13.2 Å². The van der Waals surface area contributed by atoms with E-state index in [0.717, 1.165) is 41.8 Å². The molecule has 1 aliphatic heterocycles. The highest BCUT2D eigenvalue weighted by molar-refractivity contribution is 6.03. The molecule has 5 heteroatoms. The van der Waals surface area contributed by atoms with Crippen LogP contribution in [0, 0.1) is 12.3 Å². The van der Waals surface area contributed by atoms with Crippen molar-refractivity contribution in [1.29, 1.82) is 0 Å². The molecule has 1 N–H and O–H groups in total. The second kappa shape index (κ2) is 9.94. The molecule has 0 spiro atoms. The molecule has 0 saturated carbocycles. The average Bonchev–Trinajstić information content (AvgIpc) is 3.06. The fourth-order valence-corrected chi connectivity index (χ4v) is 3.35. The van der Waals surface area contributed by atoms with E-state index < -0.39 is 5.41 Å². The summed E-state index contributed by atoms with van der Waals surface area (Å²) in [4.78, 5) is 26.9. The van der Waals surface area contributed by atoms with E-state index in [4.69, 9.17) is 4.74 Å². The van der Waals surface area contributed by atoms with Crippen molar-refractivity contribution in [2.75, 3.05) is 23.4 Å². The van der Waals surface area contributed by atoms with E-state index in [2.05, 4.69) is 12.2 Å². The Morgan fingerprint density at radius 3 is 2.46 bits per heavy atom. The lowest BCUT2D eigenvalue weighted by atomic mass is 9.95. The van der Waals surface area contributed by atoms with Crippen molar-refractivity contribution in [2.45, 2.75) is 79.6 Å². The van der Waals surface area contributed by atoms with Crippen molar-refractivity contribution in [3.8, 4) is 0 Å². The molecule has 0 bridgehead atoms. The lowest BCUT2D eigenvalue weighted by molar-refractivity contribution is -0.123. The minimum atomic E-state index is -0.503. The van der Waals surface area contributed by atoms with Gasteiger partial charge in [-0.2, -0.15) is 0 Å². The topological polar surface area (TPSA) is 58.6 Å². The Bertz CT molecular complexity index is 692. The number of fused-ring (bicyclic) bond motifs is 1. The summed E-state index contributed by atoms with van der Waals surface area (Å²) < 4.78 is 5.53. The van der Waals surface area contributed by atoms with E-state index in [1.54, 1.807) is 4.90 Å². The maximum Gasteiger partial charge on any atom is 0.414 e. The van der Waals surface area contributed by atoms with Crippen LogP contribution < -0.4 is 10.2 Å². The number of carbonyl (C=O) groups is 2. The number of benzene rings is 1. The minimum Gasteiger partial charge on any atom is -0.449 e. The molecular formula is C23H36N2O3. The number of amides is 2. The maximum atomic E-state index is 12.7. The first-order valence-corrected chi connectivity index (χ1v) is 10.6. The fraction of sp³-hybridized carbons (Fsp3) is 0.652. The van der Waals surface area contributed by atoms with Crippen molar-refractivity contribution in [3.63, 3.8) is 0 Å². The van der Waals surface area contributed by atoms with Crippen LogP contribution in [-0.4, -0.2) is 25.2 Å². The first-order valence-electron chi connectivity index (χ1n) is 10.6. The Balaban J connectivity index is 2.02. The number of hydrogen-bond acceptors (Lipinski definition) is 3. The molecule has 28 heavy (non-hydrogen) atoms. The summed E-state index contributed by atoms with van der Waals surface area (Å²) in [5.74, 6) is -0.0590. The van der Waals surface area contributed by atoms with E-state index in [-0.39, 0.29) is 12.0 Å². The molecule has 2 amide bonds. The number of nitrogens with zero attached hydrogens (tertiary/aromatic N) is 1. The number of ether oxygens (including phenoxy) is 1.